The van der Waals surface area contributed by atoms with E-state index in [1.807, 2.05) is 0 Å². The van der Waals surface area contributed by atoms with E-state index in [0.717, 1.165) is 6.54 Å². The molecule has 0 saturated heterocycles. The molecular weight excluding hydrogens is 250 g/mol. The maximum atomic E-state index is 11.8. The highest BCUT2D eigenvalue weighted by atomic mass is 32.1. The van der Waals surface area contributed by atoms with Crippen molar-refractivity contribution in [3.05, 3.63) is 10.4 Å². The lowest BCUT2D eigenvalue weighted by Gasteiger charge is -2.09. The van der Waals surface area contributed by atoms with Gasteiger partial charge in [-0.3, -0.25) is 9.59 Å². The molecule has 1 amide bonds. The second kappa shape index (κ2) is 5.86. The molecule has 0 radical (unpaired) electrons. The van der Waals surface area contributed by atoms with Crippen LogP contribution in [0, 0.1) is 5.92 Å². The van der Waals surface area contributed by atoms with Crippen molar-refractivity contribution in [2.24, 2.45) is 5.92 Å². The van der Waals surface area contributed by atoms with Crippen LogP contribution in [-0.4, -0.2) is 25.3 Å². The van der Waals surface area contributed by atoms with Crippen LogP contribution >= 0.6 is 11.3 Å². The fourth-order valence-corrected chi connectivity index (χ4v) is 2.50. The van der Waals surface area contributed by atoms with Gasteiger partial charge < -0.3 is 16.4 Å². The fraction of sp³-hybridized carbons (Fsp3) is 0.500. The second-order valence-corrected chi connectivity index (χ2v) is 5.48. The highest BCUT2D eigenvalue weighted by Gasteiger charge is 2.23. The van der Waals surface area contributed by atoms with Crippen molar-refractivity contribution >= 4 is 33.7 Å². The lowest BCUT2D eigenvalue weighted by atomic mass is 10.2. The summed E-state index contributed by atoms with van der Waals surface area (Å²) in [6.07, 6.45) is 0. The van der Waals surface area contributed by atoms with Crippen molar-refractivity contribution in [1.29, 1.82) is 0 Å². The third kappa shape index (κ3) is 3.01. The summed E-state index contributed by atoms with van der Waals surface area (Å²) in [6, 6.07) is 0. The first-order chi connectivity index (χ1) is 8.38. The van der Waals surface area contributed by atoms with Gasteiger partial charge in [-0.1, -0.05) is 13.8 Å². The number of rotatable bonds is 5. The average molecular weight is 269 g/mol. The average Bonchev–Trinajstić information content (AvgIpc) is 2.63. The van der Waals surface area contributed by atoms with Crippen LogP contribution in [0.2, 0.25) is 0 Å². The first kappa shape index (κ1) is 14.5. The zero-order valence-electron chi connectivity index (χ0n) is 11.1. The number of hydrogen-bond acceptors (Lipinski definition) is 5. The summed E-state index contributed by atoms with van der Waals surface area (Å²) in [6.45, 7) is 6.30. The maximum absolute atomic E-state index is 11.8. The predicted octanol–water partition coefficient (Wildman–Crippen LogP) is 1.96. The number of carbonyl (C=O) groups is 2. The number of nitrogen functional groups attached to an aromatic ring is 1. The molecule has 0 atom stereocenters. The fourth-order valence-electron chi connectivity index (χ4n) is 1.48. The molecule has 0 spiro atoms. The van der Waals surface area contributed by atoms with E-state index in [4.69, 9.17) is 5.73 Å². The van der Waals surface area contributed by atoms with Gasteiger partial charge in [-0.25, -0.2) is 0 Å². The summed E-state index contributed by atoms with van der Waals surface area (Å²) < 4.78 is 0. The topological polar surface area (TPSA) is 84.2 Å². The van der Waals surface area contributed by atoms with Crippen molar-refractivity contribution in [1.82, 2.24) is 5.32 Å². The zero-order valence-corrected chi connectivity index (χ0v) is 11.9. The van der Waals surface area contributed by atoms with E-state index in [9.17, 15) is 9.59 Å². The van der Waals surface area contributed by atoms with Gasteiger partial charge in [0.25, 0.3) is 5.91 Å². The van der Waals surface area contributed by atoms with Gasteiger partial charge in [0.15, 0.2) is 5.78 Å². The number of carbonyl (C=O) groups excluding carboxylic acids is 2. The number of thiophene rings is 1. The Kier molecular flexibility index (Phi) is 4.72. The molecule has 0 unspecified atom stereocenters. The molecule has 4 N–H and O–H groups in total. The van der Waals surface area contributed by atoms with Crippen molar-refractivity contribution in [2.75, 3.05) is 24.6 Å². The van der Waals surface area contributed by atoms with Gasteiger partial charge in [0.1, 0.15) is 5.00 Å². The molecule has 5 nitrogen and oxygen atoms in total. The Hall–Kier alpha value is -1.56. The van der Waals surface area contributed by atoms with Crippen LogP contribution in [0.4, 0.5) is 10.7 Å². The van der Waals surface area contributed by atoms with Crippen LogP contribution in [-0.2, 0) is 0 Å². The lowest BCUT2D eigenvalue weighted by Crippen LogP contribution is -2.20. The minimum Gasteiger partial charge on any atom is -0.397 e. The molecule has 0 fully saturated rings. The summed E-state index contributed by atoms with van der Waals surface area (Å²) in [5.74, 6) is 0.0365. The molecule has 0 bridgehead atoms. The van der Waals surface area contributed by atoms with Gasteiger partial charge in [-0.2, -0.15) is 0 Å². The standard InChI is InChI=1S/C12H19N3O2S/c1-6(2)5-15-12-8(11(17)14-4)9(13)10(18-12)7(3)16/h6,15H,5,13H2,1-4H3,(H,14,17). The van der Waals surface area contributed by atoms with Crippen molar-refractivity contribution in [2.45, 2.75) is 20.8 Å². The maximum Gasteiger partial charge on any atom is 0.256 e. The summed E-state index contributed by atoms with van der Waals surface area (Å²) in [5, 5.41) is 6.37. The van der Waals surface area contributed by atoms with Gasteiger partial charge in [0.05, 0.1) is 16.1 Å². The SMILES string of the molecule is CNC(=O)c1c(NCC(C)C)sc(C(C)=O)c1N. The molecule has 18 heavy (non-hydrogen) atoms. The first-order valence-corrected chi connectivity index (χ1v) is 6.59. The van der Waals surface area contributed by atoms with E-state index in [2.05, 4.69) is 24.5 Å². The minimum atomic E-state index is -0.275. The minimum absolute atomic E-state index is 0.125. The number of nitrogens with two attached hydrogens (primary N) is 1. The summed E-state index contributed by atoms with van der Waals surface area (Å²) in [5.41, 5.74) is 6.51. The Morgan fingerprint density at radius 2 is 2.00 bits per heavy atom. The lowest BCUT2D eigenvalue weighted by molar-refractivity contribution is 0.0965. The molecular formula is C12H19N3O2S. The third-order valence-electron chi connectivity index (χ3n) is 2.39. The van der Waals surface area contributed by atoms with Gasteiger partial charge in [-0.05, 0) is 5.92 Å². The molecule has 0 aromatic carbocycles. The van der Waals surface area contributed by atoms with E-state index in [-0.39, 0.29) is 17.4 Å². The monoisotopic (exact) mass is 269 g/mol. The number of anilines is 2. The Morgan fingerprint density at radius 3 is 2.44 bits per heavy atom. The van der Waals surface area contributed by atoms with Gasteiger partial charge in [0.2, 0.25) is 0 Å². The highest BCUT2D eigenvalue weighted by molar-refractivity contribution is 7.19. The summed E-state index contributed by atoms with van der Waals surface area (Å²) in [7, 11) is 1.54. The van der Waals surface area contributed by atoms with E-state index >= 15 is 0 Å². The van der Waals surface area contributed by atoms with Crippen molar-refractivity contribution < 1.29 is 9.59 Å². The van der Waals surface area contributed by atoms with Crippen LogP contribution in [0.15, 0.2) is 0 Å². The van der Waals surface area contributed by atoms with Crippen LogP contribution in [0.5, 0.6) is 0 Å². The van der Waals surface area contributed by atoms with Crippen LogP contribution in [0.25, 0.3) is 0 Å². The number of ketones is 1. The zero-order chi connectivity index (χ0) is 13.9. The number of hydrogen-bond donors (Lipinski definition) is 3. The molecule has 1 rings (SSSR count). The van der Waals surface area contributed by atoms with Crippen LogP contribution < -0.4 is 16.4 Å². The molecule has 1 aromatic heterocycles. The Labute approximate surface area is 111 Å². The number of amides is 1. The predicted molar refractivity (Wildman–Crippen MR) is 75.5 cm³/mol. The molecule has 1 heterocycles. The molecule has 1 aromatic rings. The molecule has 0 aliphatic rings. The van der Waals surface area contributed by atoms with Crippen LogP contribution in [0.1, 0.15) is 40.8 Å². The van der Waals surface area contributed by atoms with Crippen molar-refractivity contribution in [3.63, 3.8) is 0 Å². The summed E-state index contributed by atoms with van der Waals surface area (Å²) in [4.78, 5) is 23.7. The molecule has 0 aliphatic heterocycles. The normalized spacial score (nSPS) is 10.5. The van der Waals surface area contributed by atoms with Gasteiger partial charge in [0, 0.05) is 20.5 Å². The number of Topliss-reactive ketones (excluding diaryl/α,β-unsaturated/α-hetero) is 1. The van der Waals surface area contributed by atoms with Crippen LogP contribution in [0.3, 0.4) is 0 Å². The van der Waals surface area contributed by atoms with Gasteiger partial charge >= 0.3 is 0 Å². The van der Waals surface area contributed by atoms with E-state index in [1.165, 1.54) is 18.3 Å². The largest absolute Gasteiger partial charge is 0.397 e. The van der Waals surface area contributed by atoms with E-state index in [0.29, 0.717) is 21.4 Å². The van der Waals surface area contributed by atoms with Gasteiger partial charge in [-0.15, -0.1) is 11.3 Å². The van der Waals surface area contributed by atoms with E-state index in [1.54, 1.807) is 7.05 Å². The first-order valence-electron chi connectivity index (χ1n) is 5.77. The molecule has 100 valence electrons. The number of nitrogens with one attached hydrogen (secondary N) is 2. The van der Waals surface area contributed by atoms with Crippen molar-refractivity contribution in [3.8, 4) is 0 Å². The summed E-state index contributed by atoms with van der Waals surface area (Å²) >= 11 is 1.23. The quantitative estimate of drug-likeness (QED) is 0.713. The highest BCUT2D eigenvalue weighted by Crippen LogP contribution is 2.36. The smallest absolute Gasteiger partial charge is 0.256 e. The molecule has 6 heteroatoms. The second-order valence-electron chi connectivity index (χ2n) is 4.46. The Bertz CT molecular complexity index is 466. The third-order valence-corrected chi connectivity index (χ3v) is 3.65. The molecule has 0 aliphatic carbocycles. The molecule has 0 saturated carbocycles. The Balaban J connectivity index is 3.17. The Morgan fingerprint density at radius 1 is 1.39 bits per heavy atom. The van der Waals surface area contributed by atoms with E-state index < -0.39 is 0 Å².